The number of rotatable bonds is 12. The van der Waals surface area contributed by atoms with E-state index in [4.69, 9.17) is 19.2 Å². The Bertz CT molecular complexity index is 955. The van der Waals surface area contributed by atoms with Crippen LogP contribution in [0.15, 0.2) is 42.1 Å². The number of unbranched alkanes of at least 4 members (excludes halogenated alkanes) is 1. The highest BCUT2D eigenvalue weighted by Crippen LogP contribution is 2.31. The Kier molecular flexibility index (Phi) is 9.95. The minimum atomic E-state index is -0.297. The maximum Gasteiger partial charge on any atom is 0.333 e. The van der Waals surface area contributed by atoms with E-state index >= 15 is 0 Å². The first kappa shape index (κ1) is 25.8. The highest BCUT2D eigenvalue weighted by atomic mass is 16.5. The van der Waals surface area contributed by atoms with Crippen molar-refractivity contribution in [2.24, 2.45) is 5.92 Å². The summed E-state index contributed by atoms with van der Waals surface area (Å²) in [5.74, 6) is 2.07. The molecule has 0 saturated carbocycles. The molecule has 0 amide bonds. The van der Waals surface area contributed by atoms with Crippen LogP contribution in [0.5, 0.6) is 5.75 Å². The minimum Gasteiger partial charge on any atom is -0.491 e. The molecule has 0 bridgehead atoms. The van der Waals surface area contributed by atoms with Gasteiger partial charge in [0.15, 0.2) is 0 Å². The summed E-state index contributed by atoms with van der Waals surface area (Å²) < 4.78 is 16.5. The molecule has 1 aliphatic heterocycles. The van der Waals surface area contributed by atoms with Crippen molar-refractivity contribution in [3.63, 3.8) is 0 Å². The van der Waals surface area contributed by atoms with Crippen molar-refractivity contribution in [2.45, 2.75) is 47.0 Å². The summed E-state index contributed by atoms with van der Waals surface area (Å²) in [5.41, 5.74) is 3.54. The van der Waals surface area contributed by atoms with Crippen LogP contribution in [0.2, 0.25) is 0 Å². The molecule has 1 aromatic carbocycles. The third-order valence-electron chi connectivity index (χ3n) is 5.91. The van der Waals surface area contributed by atoms with Crippen molar-refractivity contribution < 1.29 is 19.0 Å². The Labute approximate surface area is 203 Å². The number of benzene rings is 1. The van der Waals surface area contributed by atoms with Crippen molar-refractivity contribution in [1.29, 1.82) is 0 Å². The van der Waals surface area contributed by atoms with Gasteiger partial charge in [-0.25, -0.2) is 9.78 Å². The standard InChI is InChI=1S/C28H38N2O4/c1-5-7-14-32-15-16-34-26-10-8-23(9-11-26)25-18-24(17-22(4)28(31)33-6-2)27(29-19-25)30-13-12-21(3)20-30/h8-11,17-19,21H,5-7,12-16,20H2,1-4H3/b22-17+. The number of carbonyl (C=O) groups is 1. The number of anilines is 1. The van der Waals surface area contributed by atoms with Gasteiger partial charge in [0.1, 0.15) is 18.2 Å². The second-order valence-corrected chi connectivity index (χ2v) is 8.86. The largest absolute Gasteiger partial charge is 0.491 e. The minimum absolute atomic E-state index is 0.297. The van der Waals surface area contributed by atoms with E-state index in [0.29, 0.717) is 31.3 Å². The van der Waals surface area contributed by atoms with E-state index in [0.717, 1.165) is 67.2 Å². The van der Waals surface area contributed by atoms with E-state index < -0.39 is 0 Å². The van der Waals surface area contributed by atoms with E-state index in [1.807, 2.05) is 43.5 Å². The van der Waals surface area contributed by atoms with Crippen LogP contribution in [-0.2, 0) is 14.3 Å². The van der Waals surface area contributed by atoms with Gasteiger partial charge in [0, 0.05) is 42.6 Å². The Balaban J connectivity index is 1.76. The van der Waals surface area contributed by atoms with E-state index in [-0.39, 0.29) is 5.97 Å². The van der Waals surface area contributed by atoms with Crippen molar-refractivity contribution in [2.75, 3.05) is 44.4 Å². The van der Waals surface area contributed by atoms with Crippen LogP contribution >= 0.6 is 0 Å². The molecule has 1 aliphatic rings. The molecule has 1 saturated heterocycles. The molecule has 3 rings (SSSR count). The highest BCUT2D eigenvalue weighted by Gasteiger charge is 2.22. The Morgan fingerprint density at radius 2 is 1.94 bits per heavy atom. The first-order chi connectivity index (χ1) is 16.5. The first-order valence-corrected chi connectivity index (χ1v) is 12.4. The van der Waals surface area contributed by atoms with Gasteiger partial charge in [0.05, 0.1) is 13.2 Å². The summed E-state index contributed by atoms with van der Waals surface area (Å²) in [6.45, 7) is 12.2. The number of hydrogen-bond donors (Lipinski definition) is 0. The molecule has 1 aromatic heterocycles. The zero-order valence-electron chi connectivity index (χ0n) is 21.0. The summed E-state index contributed by atoms with van der Waals surface area (Å²) in [6, 6.07) is 10.1. The third-order valence-corrected chi connectivity index (χ3v) is 5.91. The Hall–Kier alpha value is -2.86. The van der Waals surface area contributed by atoms with E-state index in [2.05, 4.69) is 24.8 Å². The maximum atomic E-state index is 12.2. The number of nitrogens with zero attached hydrogens (tertiary/aromatic N) is 2. The van der Waals surface area contributed by atoms with Crippen molar-refractivity contribution in [3.8, 4) is 16.9 Å². The Morgan fingerprint density at radius 1 is 1.15 bits per heavy atom. The summed E-state index contributed by atoms with van der Waals surface area (Å²) >= 11 is 0. The van der Waals surface area contributed by atoms with Crippen LogP contribution in [0.1, 0.15) is 52.5 Å². The summed E-state index contributed by atoms with van der Waals surface area (Å²) in [4.78, 5) is 19.4. The zero-order valence-corrected chi connectivity index (χ0v) is 21.0. The average Bonchev–Trinajstić information content (AvgIpc) is 3.27. The van der Waals surface area contributed by atoms with Crippen molar-refractivity contribution in [1.82, 2.24) is 4.98 Å². The fraction of sp³-hybridized carbons (Fsp3) is 0.500. The molecule has 184 valence electrons. The van der Waals surface area contributed by atoms with Crippen LogP contribution < -0.4 is 9.64 Å². The number of carbonyl (C=O) groups excluding carboxylic acids is 1. The molecule has 2 aromatic rings. The Morgan fingerprint density at radius 3 is 2.62 bits per heavy atom. The molecule has 1 atom stereocenters. The number of hydrogen-bond acceptors (Lipinski definition) is 6. The summed E-state index contributed by atoms with van der Waals surface area (Å²) in [5, 5.41) is 0. The number of esters is 1. The number of pyridine rings is 1. The molecule has 1 fully saturated rings. The van der Waals surface area contributed by atoms with E-state index in [1.165, 1.54) is 0 Å². The normalized spacial score (nSPS) is 16.1. The molecule has 0 N–H and O–H groups in total. The molecule has 0 radical (unpaired) electrons. The molecule has 0 aliphatic carbocycles. The van der Waals surface area contributed by atoms with Crippen LogP contribution in [0.25, 0.3) is 17.2 Å². The van der Waals surface area contributed by atoms with Gasteiger partial charge in [-0.15, -0.1) is 0 Å². The lowest BCUT2D eigenvalue weighted by molar-refractivity contribution is -0.138. The van der Waals surface area contributed by atoms with E-state index in [9.17, 15) is 4.79 Å². The first-order valence-electron chi connectivity index (χ1n) is 12.4. The van der Waals surface area contributed by atoms with Gasteiger partial charge >= 0.3 is 5.97 Å². The second kappa shape index (κ2) is 13.1. The summed E-state index contributed by atoms with van der Waals surface area (Å²) in [7, 11) is 0. The molecule has 0 spiro atoms. The second-order valence-electron chi connectivity index (χ2n) is 8.86. The zero-order chi connectivity index (χ0) is 24.3. The van der Waals surface area contributed by atoms with Crippen molar-refractivity contribution >= 4 is 17.9 Å². The quantitative estimate of drug-likeness (QED) is 0.225. The fourth-order valence-corrected chi connectivity index (χ4v) is 3.98. The number of aromatic nitrogens is 1. The third kappa shape index (κ3) is 7.32. The lowest BCUT2D eigenvalue weighted by Gasteiger charge is -2.20. The van der Waals surface area contributed by atoms with Crippen LogP contribution in [0.4, 0.5) is 5.82 Å². The predicted octanol–water partition coefficient (Wildman–Crippen LogP) is 5.76. The molecule has 1 unspecified atom stereocenters. The van der Waals surface area contributed by atoms with Crippen LogP contribution in [-0.4, -0.2) is 50.5 Å². The molecule has 34 heavy (non-hydrogen) atoms. The van der Waals surface area contributed by atoms with Gasteiger partial charge in [-0.05, 0) is 62.4 Å². The molecule has 2 heterocycles. The van der Waals surface area contributed by atoms with Gasteiger partial charge in [-0.2, -0.15) is 0 Å². The average molecular weight is 467 g/mol. The van der Waals surface area contributed by atoms with E-state index in [1.54, 1.807) is 6.92 Å². The number of ether oxygens (including phenoxy) is 3. The van der Waals surface area contributed by atoms with Gasteiger partial charge in [0.25, 0.3) is 0 Å². The maximum absolute atomic E-state index is 12.2. The topological polar surface area (TPSA) is 60.9 Å². The monoisotopic (exact) mass is 466 g/mol. The van der Waals surface area contributed by atoms with Crippen LogP contribution in [0, 0.1) is 5.92 Å². The molecular formula is C28H38N2O4. The molecule has 6 heteroatoms. The summed E-state index contributed by atoms with van der Waals surface area (Å²) in [6.07, 6.45) is 7.16. The van der Waals surface area contributed by atoms with Gasteiger partial charge in [-0.3, -0.25) is 0 Å². The van der Waals surface area contributed by atoms with Gasteiger partial charge < -0.3 is 19.1 Å². The lowest BCUT2D eigenvalue weighted by Crippen LogP contribution is -2.21. The van der Waals surface area contributed by atoms with Gasteiger partial charge in [0.2, 0.25) is 0 Å². The smallest absolute Gasteiger partial charge is 0.333 e. The highest BCUT2D eigenvalue weighted by molar-refractivity contribution is 5.94. The fourth-order valence-electron chi connectivity index (χ4n) is 3.98. The van der Waals surface area contributed by atoms with Crippen LogP contribution in [0.3, 0.4) is 0 Å². The molecular weight excluding hydrogens is 428 g/mol. The van der Waals surface area contributed by atoms with Crippen molar-refractivity contribution in [3.05, 3.63) is 47.7 Å². The predicted molar refractivity (Wildman–Crippen MR) is 137 cm³/mol. The SMILES string of the molecule is CCCCOCCOc1ccc(-c2cnc(N3CCC(C)C3)c(/C=C(\C)C(=O)OCC)c2)cc1. The lowest BCUT2D eigenvalue weighted by atomic mass is 10.0. The van der Waals surface area contributed by atoms with Gasteiger partial charge in [-0.1, -0.05) is 32.4 Å². The molecule has 6 nitrogen and oxygen atoms in total.